The number of aliphatic hydroxyl groups is 3. The molecule has 6 nitrogen and oxygen atoms in total. The standard InChI is InChI=1S/C10H21NO5/c1-6(5-15-2)11-3-7-9(13)10(14)8(4-12)16-7/h6-14H,3-5H2,1-2H3/t6-,7+,8+,9+,10+/m0/s1. The van der Waals surface area contributed by atoms with E-state index in [0.717, 1.165) is 0 Å². The van der Waals surface area contributed by atoms with Crippen molar-refractivity contribution in [3.8, 4) is 0 Å². The highest BCUT2D eigenvalue weighted by Gasteiger charge is 2.41. The monoisotopic (exact) mass is 235 g/mol. The van der Waals surface area contributed by atoms with Gasteiger partial charge in [-0.15, -0.1) is 0 Å². The molecule has 4 N–H and O–H groups in total. The highest BCUT2D eigenvalue weighted by molar-refractivity contribution is 4.91. The first-order chi connectivity index (χ1) is 7.60. The minimum atomic E-state index is -1.02. The van der Waals surface area contributed by atoms with Gasteiger partial charge < -0.3 is 30.1 Å². The second kappa shape index (κ2) is 6.48. The third-order valence-corrected chi connectivity index (χ3v) is 2.73. The van der Waals surface area contributed by atoms with Crippen molar-refractivity contribution in [1.82, 2.24) is 5.32 Å². The summed E-state index contributed by atoms with van der Waals surface area (Å²) >= 11 is 0. The molecule has 0 unspecified atom stereocenters. The number of aliphatic hydroxyl groups excluding tert-OH is 3. The Balaban J connectivity index is 2.32. The summed E-state index contributed by atoms with van der Waals surface area (Å²) in [6, 6.07) is 0.145. The Morgan fingerprint density at radius 3 is 2.44 bits per heavy atom. The first kappa shape index (κ1) is 13.8. The zero-order valence-electron chi connectivity index (χ0n) is 9.67. The summed E-state index contributed by atoms with van der Waals surface area (Å²) in [6.45, 7) is 2.64. The lowest BCUT2D eigenvalue weighted by Gasteiger charge is -2.18. The molecule has 0 saturated carbocycles. The van der Waals surface area contributed by atoms with Crippen molar-refractivity contribution in [2.45, 2.75) is 37.4 Å². The van der Waals surface area contributed by atoms with Crippen molar-refractivity contribution in [1.29, 1.82) is 0 Å². The fourth-order valence-electron chi connectivity index (χ4n) is 1.77. The normalized spacial score (nSPS) is 36.6. The van der Waals surface area contributed by atoms with E-state index in [-0.39, 0.29) is 12.6 Å². The molecule has 0 aromatic carbocycles. The Bertz CT molecular complexity index is 204. The van der Waals surface area contributed by atoms with E-state index in [2.05, 4.69) is 5.32 Å². The van der Waals surface area contributed by atoms with Gasteiger partial charge in [0, 0.05) is 19.7 Å². The van der Waals surface area contributed by atoms with Crippen LogP contribution in [0.25, 0.3) is 0 Å². The molecule has 0 spiro atoms. The molecular formula is C10H21NO5. The molecular weight excluding hydrogens is 214 g/mol. The van der Waals surface area contributed by atoms with Crippen molar-refractivity contribution in [3.63, 3.8) is 0 Å². The summed E-state index contributed by atoms with van der Waals surface area (Å²) in [7, 11) is 1.62. The van der Waals surface area contributed by atoms with Gasteiger partial charge in [0.2, 0.25) is 0 Å². The number of hydrogen-bond acceptors (Lipinski definition) is 6. The van der Waals surface area contributed by atoms with Crippen molar-refractivity contribution in [2.75, 3.05) is 26.9 Å². The Morgan fingerprint density at radius 2 is 1.94 bits per heavy atom. The molecule has 16 heavy (non-hydrogen) atoms. The molecule has 1 fully saturated rings. The first-order valence-corrected chi connectivity index (χ1v) is 5.45. The molecule has 5 atom stereocenters. The number of ether oxygens (including phenoxy) is 2. The zero-order chi connectivity index (χ0) is 12.1. The van der Waals surface area contributed by atoms with Crippen LogP contribution in [-0.4, -0.2) is 72.6 Å². The van der Waals surface area contributed by atoms with Crippen molar-refractivity contribution >= 4 is 0 Å². The van der Waals surface area contributed by atoms with Gasteiger partial charge in [-0.3, -0.25) is 0 Å². The van der Waals surface area contributed by atoms with Crippen LogP contribution >= 0.6 is 0 Å². The molecule has 96 valence electrons. The Labute approximate surface area is 95.2 Å². The summed E-state index contributed by atoms with van der Waals surface area (Å²) in [5.41, 5.74) is 0. The van der Waals surface area contributed by atoms with Crippen LogP contribution in [0.15, 0.2) is 0 Å². The second-order valence-corrected chi connectivity index (χ2v) is 4.14. The summed E-state index contributed by atoms with van der Waals surface area (Å²) in [6.07, 6.45) is -3.17. The van der Waals surface area contributed by atoms with Crippen LogP contribution in [0.3, 0.4) is 0 Å². The fraction of sp³-hybridized carbons (Fsp3) is 1.00. The zero-order valence-corrected chi connectivity index (χ0v) is 9.67. The number of methoxy groups -OCH3 is 1. The van der Waals surface area contributed by atoms with Crippen LogP contribution in [0.1, 0.15) is 6.92 Å². The van der Waals surface area contributed by atoms with E-state index in [0.29, 0.717) is 13.2 Å². The van der Waals surface area contributed by atoms with Crippen molar-refractivity contribution in [2.24, 2.45) is 0 Å². The molecule has 1 aliphatic rings. The van der Waals surface area contributed by atoms with E-state index in [4.69, 9.17) is 14.6 Å². The SMILES string of the molecule is COC[C@H](C)NC[C@H]1O[C@H](CO)[C@@H](O)[C@@H]1O. The lowest BCUT2D eigenvalue weighted by Crippen LogP contribution is -2.42. The van der Waals surface area contributed by atoms with Crippen molar-refractivity contribution < 1.29 is 24.8 Å². The Kier molecular flexibility index (Phi) is 5.60. The van der Waals surface area contributed by atoms with Gasteiger partial charge in [-0.05, 0) is 6.92 Å². The summed E-state index contributed by atoms with van der Waals surface area (Å²) in [5.74, 6) is 0. The smallest absolute Gasteiger partial charge is 0.111 e. The minimum Gasteiger partial charge on any atom is -0.394 e. The van der Waals surface area contributed by atoms with Gasteiger partial charge in [0.25, 0.3) is 0 Å². The van der Waals surface area contributed by atoms with Crippen LogP contribution < -0.4 is 5.32 Å². The van der Waals surface area contributed by atoms with Gasteiger partial charge >= 0.3 is 0 Å². The van der Waals surface area contributed by atoms with Crippen molar-refractivity contribution in [3.05, 3.63) is 0 Å². The van der Waals surface area contributed by atoms with Crippen LogP contribution in [0, 0.1) is 0 Å². The van der Waals surface area contributed by atoms with E-state index in [9.17, 15) is 10.2 Å². The predicted molar refractivity (Wildman–Crippen MR) is 57.1 cm³/mol. The maximum absolute atomic E-state index is 9.64. The maximum atomic E-state index is 9.64. The average Bonchev–Trinajstić information content (AvgIpc) is 2.54. The predicted octanol–water partition coefficient (Wildman–Crippen LogP) is -1.91. The minimum absolute atomic E-state index is 0.145. The summed E-state index contributed by atoms with van der Waals surface area (Å²) in [5, 5.41) is 31.2. The third-order valence-electron chi connectivity index (χ3n) is 2.73. The number of rotatable bonds is 6. The maximum Gasteiger partial charge on any atom is 0.111 e. The number of nitrogens with one attached hydrogen (secondary N) is 1. The van der Waals surface area contributed by atoms with Gasteiger partial charge in [0.15, 0.2) is 0 Å². The quantitative estimate of drug-likeness (QED) is 0.429. The molecule has 1 heterocycles. The van der Waals surface area contributed by atoms with Gasteiger partial charge in [-0.2, -0.15) is 0 Å². The molecule has 0 aromatic heterocycles. The molecule has 6 heteroatoms. The second-order valence-electron chi connectivity index (χ2n) is 4.14. The molecule has 0 radical (unpaired) electrons. The lowest BCUT2D eigenvalue weighted by molar-refractivity contribution is -0.0222. The van der Waals surface area contributed by atoms with Gasteiger partial charge in [-0.25, -0.2) is 0 Å². The first-order valence-electron chi connectivity index (χ1n) is 5.45. The van der Waals surface area contributed by atoms with E-state index in [1.54, 1.807) is 7.11 Å². The highest BCUT2D eigenvalue weighted by atomic mass is 16.6. The van der Waals surface area contributed by atoms with Crippen LogP contribution in [0.5, 0.6) is 0 Å². The molecule has 1 rings (SSSR count). The molecule has 0 aliphatic carbocycles. The topological polar surface area (TPSA) is 91.2 Å². The Morgan fingerprint density at radius 1 is 1.31 bits per heavy atom. The van der Waals surface area contributed by atoms with Crippen LogP contribution in [0.2, 0.25) is 0 Å². The van der Waals surface area contributed by atoms with Gasteiger partial charge in [0.1, 0.15) is 18.3 Å². The van der Waals surface area contributed by atoms with Gasteiger partial charge in [0.05, 0.1) is 19.3 Å². The van der Waals surface area contributed by atoms with Crippen LogP contribution in [-0.2, 0) is 9.47 Å². The summed E-state index contributed by atoms with van der Waals surface area (Å²) < 4.78 is 10.3. The molecule has 0 aromatic rings. The molecule has 0 bridgehead atoms. The Hall–Kier alpha value is -0.240. The molecule has 0 amide bonds. The fourth-order valence-corrected chi connectivity index (χ4v) is 1.77. The van der Waals surface area contributed by atoms with E-state index in [1.807, 2.05) is 6.92 Å². The molecule has 1 aliphatic heterocycles. The van der Waals surface area contributed by atoms with Gasteiger partial charge in [-0.1, -0.05) is 0 Å². The average molecular weight is 235 g/mol. The largest absolute Gasteiger partial charge is 0.394 e. The molecule has 1 saturated heterocycles. The third kappa shape index (κ3) is 3.38. The summed E-state index contributed by atoms with van der Waals surface area (Å²) in [4.78, 5) is 0. The number of hydrogen-bond donors (Lipinski definition) is 4. The van der Waals surface area contributed by atoms with E-state index < -0.39 is 24.4 Å². The highest BCUT2D eigenvalue weighted by Crippen LogP contribution is 2.20. The van der Waals surface area contributed by atoms with E-state index in [1.165, 1.54) is 0 Å². The van der Waals surface area contributed by atoms with Crippen LogP contribution in [0.4, 0.5) is 0 Å². The van der Waals surface area contributed by atoms with E-state index >= 15 is 0 Å². The lowest BCUT2D eigenvalue weighted by atomic mass is 10.1.